The van der Waals surface area contributed by atoms with Crippen molar-refractivity contribution in [2.45, 2.75) is 50.6 Å². The molecular formula is C16H27N3O. The summed E-state index contributed by atoms with van der Waals surface area (Å²) in [4.78, 5) is 6.59. The monoisotopic (exact) mass is 277 g/mol. The first-order chi connectivity index (χ1) is 9.60. The van der Waals surface area contributed by atoms with Crippen LogP contribution in [0.25, 0.3) is 0 Å². The molecule has 1 fully saturated rings. The van der Waals surface area contributed by atoms with Crippen molar-refractivity contribution >= 4 is 0 Å². The number of rotatable bonds is 6. The Hall–Kier alpha value is -1.13. The summed E-state index contributed by atoms with van der Waals surface area (Å²) in [6.45, 7) is 2.82. The molecule has 4 nitrogen and oxygen atoms in total. The molecule has 1 aliphatic carbocycles. The third-order valence-corrected chi connectivity index (χ3v) is 4.51. The molecule has 2 N–H and O–H groups in total. The molecule has 0 bridgehead atoms. The van der Waals surface area contributed by atoms with E-state index in [9.17, 15) is 0 Å². The van der Waals surface area contributed by atoms with Gasteiger partial charge in [-0.05, 0) is 45.0 Å². The van der Waals surface area contributed by atoms with E-state index in [-0.39, 0.29) is 11.6 Å². The zero-order valence-corrected chi connectivity index (χ0v) is 12.9. The van der Waals surface area contributed by atoms with Gasteiger partial charge in [-0.3, -0.25) is 4.98 Å². The highest BCUT2D eigenvalue weighted by atomic mass is 16.5. The fourth-order valence-corrected chi connectivity index (χ4v) is 3.24. The van der Waals surface area contributed by atoms with Crippen molar-refractivity contribution in [3.8, 4) is 5.75 Å². The van der Waals surface area contributed by atoms with Crippen LogP contribution >= 0.6 is 0 Å². The van der Waals surface area contributed by atoms with Crippen LogP contribution in [0.2, 0.25) is 0 Å². The van der Waals surface area contributed by atoms with Gasteiger partial charge in [-0.25, -0.2) is 0 Å². The Bertz CT molecular complexity index is 427. The Morgan fingerprint density at radius 3 is 2.65 bits per heavy atom. The van der Waals surface area contributed by atoms with Gasteiger partial charge in [-0.2, -0.15) is 0 Å². The molecule has 0 spiro atoms. The zero-order chi connectivity index (χ0) is 14.6. The smallest absolute Gasteiger partial charge is 0.137 e. The van der Waals surface area contributed by atoms with Gasteiger partial charge in [0, 0.05) is 17.8 Å². The van der Waals surface area contributed by atoms with E-state index in [0.717, 1.165) is 37.2 Å². The molecule has 1 aromatic rings. The maximum absolute atomic E-state index is 6.60. The summed E-state index contributed by atoms with van der Waals surface area (Å²) in [5.41, 5.74) is 7.74. The normalized spacial score (nSPS) is 19.2. The van der Waals surface area contributed by atoms with E-state index < -0.39 is 0 Å². The summed E-state index contributed by atoms with van der Waals surface area (Å²) in [5.74, 6) is 0.826. The molecular weight excluding hydrogens is 250 g/mol. The Labute approximate surface area is 122 Å². The average Bonchev–Trinajstić information content (AvgIpc) is 2.95. The first-order valence-electron chi connectivity index (χ1n) is 7.61. The molecule has 0 aliphatic heterocycles. The van der Waals surface area contributed by atoms with Gasteiger partial charge in [0.1, 0.15) is 5.75 Å². The van der Waals surface area contributed by atoms with Crippen molar-refractivity contribution < 1.29 is 4.74 Å². The highest BCUT2D eigenvalue weighted by Gasteiger charge is 2.42. The molecule has 0 amide bonds. The van der Waals surface area contributed by atoms with E-state index in [0.29, 0.717) is 0 Å². The van der Waals surface area contributed by atoms with Crippen LogP contribution in [-0.2, 0) is 0 Å². The summed E-state index contributed by atoms with van der Waals surface area (Å²) in [5, 5.41) is 0. The topological polar surface area (TPSA) is 51.4 Å². The zero-order valence-electron chi connectivity index (χ0n) is 12.9. The van der Waals surface area contributed by atoms with Crippen molar-refractivity contribution in [2.24, 2.45) is 5.73 Å². The lowest BCUT2D eigenvalue weighted by molar-refractivity contribution is 0.123. The number of hydrogen-bond donors (Lipinski definition) is 1. The molecule has 1 atom stereocenters. The largest absolute Gasteiger partial charge is 0.492 e. The fraction of sp³-hybridized carbons (Fsp3) is 0.688. The Balaban J connectivity index is 2.21. The second kappa shape index (κ2) is 6.55. The van der Waals surface area contributed by atoms with E-state index >= 15 is 0 Å². The van der Waals surface area contributed by atoms with E-state index in [2.05, 4.69) is 37.0 Å². The molecule has 0 saturated heterocycles. The second-order valence-electron chi connectivity index (χ2n) is 5.99. The van der Waals surface area contributed by atoms with Crippen LogP contribution in [0.5, 0.6) is 5.75 Å². The summed E-state index contributed by atoms with van der Waals surface area (Å²) < 4.78 is 5.67. The molecule has 4 heteroatoms. The average molecular weight is 277 g/mol. The number of pyridine rings is 1. The highest BCUT2D eigenvalue weighted by Crippen LogP contribution is 2.42. The summed E-state index contributed by atoms with van der Waals surface area (Å²) in [6.07, 6.45) is 9.47. The number of hydrogen-bond acceptors (Lipinski definition) is 4. The van der Waals surface area contributed by atoms with Gasteiger partial charge in [0.2, 0.25) is 0 Å². The van der Waals surface area contributed by atoms with Crippen LogP contribution < -0.4 is 10.5 Å². The van der Waals surface area contributed by atoms with Crippen LogP contribution in [0.1, 0.15) is 50.6 Å². The number of likely N-dealkylation sites (N-methyl/N-ethyl adjacent to an activating group) is 1. The van der Waals surface area contributed by atoms with E-state index in [1.807, 2.05) is 6.20 Å². The van der Waals surface area contributed by atoms with Crippen molar-refractivity contribution in [1.82, 2.24) is 9.88 Å². The SMILES string of the molecule is CCCOc1cncc(C(N)C2(N(C)C)CCCC2)c1. The van der Waals surface area contributed by atoms with Crippen LogP contribution in [0, 0.1) is 0 Å². The molecule has 0 aromatic carbocycles. The van der Waals surface area contributed by atoms with Crippen LogP contribution in [0.3, 0.4) is 0 Å². The lowest BCUT2D eigenvalue weighted by Gasteiger charge is -2.41. The number of nitrogens with zero attached hydrogens (tertiary/aromatic N) is 2. The molecule has 20 heavy (non-hydrogen) atoms. The maximum atomic E-state index is 6.60. The number of aromatic nitrogens is 1. The molecule has 2 rings (SSSR count). The molecule has 1 aromatic heterocycles. The third kappa shape index (κ3) is 2.96. The second-order valence-corrected chi connectivity index (χ2v) is 5.99. The first kappa shape index (κ1) is 15.3. The predicted molar refractivity (Wildman–Crippen MR) is 81.8 cm³/mol. The molecule has 1 saturated carbocycles. The number of ether oxygens (including phenoxy) is 1. The maximum Gasteiger partial charge on any atom is 0.137 e. The van der Waals surface area contributed by atoms with Crippen molar-refractivity contribution in [3.05, 3.63) is 24.0 Å². The molecule has 1 aliphatic rings. The van der Waals surface area contributed by atoms with Crippen LogP contribution in [-0.4, -0.2) is 36.1 Å². The third-order valence-electron chi connectivity index (χ3n) is 4.51. The quantitative estimate of drug-likeness (QED) is 0.868. The Morgan fingerprint density at radius 2 is 2.05 bits per heavy atom. The van der Waals surface area contributed by atoms with Gasteiger partial charge >= 0.3 is 0 Å². The minimum atomic E-state index is -0.0160. The first-order valence-corrected chi connectivity index (χ1v) is 7.61. The van der Waals surface area contributed by atoms with Crippen LogP contribution in [0.4, 0.5) is 0 Å². The minimum absolute atomic E-state index is 0.0160. The van der Waals surface area contributed by atoms with Gasteiger partial charge in [0.25, 0.3) is 0 Å². The van der Waals surface area contributed by atoms with Gasteiger partial charge in [0.15, 0.2) is 0 Å². The van der Waals surface area contributed by atoms with E-state index in [1.54, 1.807) is 6.20 Å². The van der Waals surface area contributed by atoms with Gasteiger partial charge in [0.05, 0.1) is 12.8 Å². The Kier molecular flexibility index (Phi) is 5.00. The van der Waals surface area contributed by atoms with E-state index in [1.165, 1.54) is 12.8 Å². The lowest BCUT2D eigenvalue weighted by atomic mass is 9.83. The van der Waals surface area contributed by atoms with Crippen LogP contribution in [0.15, 0.2) is 18.5 Å². The van der Waals surface area contributed by atoms with Gasteiger partial charge in [-0.15, -0.1) is 0 Å². The van der Waals surface area contributed by atoms with Gasteiger partial charge in [-0.1, -0.05) is 19.8 Å². The van der Waals surface area contributed by atoms with Crippen molar-refractivity contribution in [3.63, 3.8) is 0 Å². The molecule has 0 radical (unpaired) electrons. The number of nitrogens with two attached hydrogens (primary N) is 1. The predicted octanol–water partition coefficient (Wildman–Crippen LogP) is 2.74. The minimum Gasteiger partial charge on any atom is -0.492 e. The molecule has 1 heterocycles. The molecule has 112 valence electrons. The summed E-state index contributed by atoms with van der Waals surface area (Å²) in [6, 6.07) is 2.04. The standard InChI is InChI=1S/C16H27N3O/c1-4-9-20-14-10-13(11-18-12-14)15(17)16(19(2)3)7-5-6-8-16/h10-12,15H,4-9,17H2,1-3H3. The molecule has 1 unspecified atom stereocenters. The van der Waals surface area contributed by atoms with Crippen molar-refractivity contribution in [2.75, 3.05) is 20.7 Å². The fourth-order valence-electron chi connectivity index (χ4n) is 3.24. The lowest BCUT2D eigenvalue weighted by Crippen LogP contribution is -2.50. The summed E-state index contributed by atoms with van der Waals surface area (Å²) in [7, 11) is 4.27. The van der Waals surface area contributed by atoms with Gasteiger partial charge < -0.3 is 15.4 Å². The highest BCUT2D eigenvalue weighted by molar-refractivity contribution is 5.28. The van der Waals surface area contributed by atoms with Crippen molar-refractivity contribution in [1.29, 1.82) is 0 Å². The van der Waals surface area contributed by atoms with E-state index in [4.69, 9.17) is 10.5 Å². The Morgan fingerprint density at radius 1 is 1.35 bits per heavy atom. The summed E-state index contributed by atoms with van der Waals surface area (Å²) >= 11 is 0.